The Kier molecular flexibility index (Phi) is 7.77. The van der Waals surface area contributed by atoms with Crippen molar-refractivity contribution in [3.8, 4) is 5.75 Å². The van der Waals surface area contributed by atoms with E-state index in [0.29, 0.717) is 36.2 Å². The van der Waals surface area contributed by atoms with E-state index in [0.717, 1.165) is 56.6 Å². The van der Waals surface area contributed by atoms with E-state index in [1.54, 1.807) is 31.0 Å². The third-order valence-corrected chi connectivity index (χ3v) is 8.40. The number of amides is 1. The van der Waals surface area contributed by atoms with Crippen molar-refractivity contribution in [2.24, 2.45) is 0 Å². The Hall–Kier alpha value is -3.79. The average Bonchev–Trinajstić information content (AvgIpc) is 3.58. The van der Waals surface area contributed by atoms with Crippen LogP contribution >= 0.6 is 22.9 Å². The van der Waals surface area contributed by atoms with Crippen molar-refractivity contribution in [1.82, 2.24) is 19.9 Å². The van der Waals surface area contributed by atoms with E-state index in [9.17, 15) is 4.79 Å². The second kappa shape index (κ2) is 11.8. The van der Waals surface area contributed by atoms with Crippen LogP contribution < -0.4 is 10.1 Å². The van der Waals surface area contributed by atoms with Crippen LogP contribution in [-0.2, 0) is 22.6 Å². The van der Waals surface area contributed by atoms with Gasteiger partial charge in [-0.25, -0.2) is 9.97 Å². The number of rotatable bonds is 9. The molecule has 1 aliphatic rings. The lowest BCUT2D eigenvalue weighted by Crippen LogP contribution is -2.38. The minimum Gasteiger partial charge on any atom is -0.486 e. The Morgan fingerprint density at radius 1 is 1.15 bits per heavy atom. The molecule has 4 heterocycles. The fraction of sp³-hybridized carbons (Fsp3) is 0.267. The molecular weight excluding hydrogens is 546 g/mol. The third kappa shape index (κ3) is 5.58. The summed E-state index contributed by atoms with van der Waals surface area (Å²) in [5.74, 6) is 1.42. The summed E-state index contributed by atoms with van der Waals surface area (Å²) >= 11 is 8.12. The van der Waals surface area contributed by atoms with Gasteiger partial charge in [-0.05, 0) is 54.8 Å². The zero-order valence-electron chi connectivity index (χ0n) is 22.0. The first-order valence-electron chi connectivity index (χ1n) is 13.1. The van der Waals surface area contributed by atoms with E-state index in [2.05, 4.69) is 32.4 Å². The smallest absolute Gasteiger partial charge is 0.227 e. The fourth-order valence-electron chi connectivity index (χ4n) is 5.13. The van der Waals surface area contributed by atoms with E-state index in [4.69, 9.17) is 21.1 Å². The predicted octanol–water partition coefficient (Wildman–Crippen LogP) is 6.40. The number of carbonyl (C=O) groups is 1. The van der Waals surface area contributed by atoms with Gasteiger partial charge >= 0.3 is 0 Å². The quantitative estimate of drug-likeness (QED) is 0.218. The fourth-order valence-corrected chi connectivity index (χ4v) is 6.47. The molecule has 1 aliphatic heterocycles. The summed E-state index contributed by atoms with van der Waals surface area (Å²) in [7, 11) is 1.69. The lowest BCUT2D eigenvalue weighted by molar-refractivity contribution is -0.132. The van der Waals surface area contributed by atoms with Gasteiger partial charge in [-0.3, -0.25) is 9.78 Å². The molecule has 0 bridgehead atoms. The number of methoxy groups -OCH3 is 1. The number of hydrogen-bond donors (Lipinski definition) is 1. The number of anilines is 2. The Morgan fingerprint density at radius 2 is 2.08 bits per heavy atom. The monoisotopic (exact) mass is 573 g/mol. The summed E-state index contributed by atoms with van der Waals surface area (Å²) in [6, 6.07) is 17.6. The number of carbonyl (C=O) groups excluding carboxylic acids is 1. The van der Waals surface area contributed by atoms with Crippen LogP contribution in [0, 0.1) is 0 Å². The number of benzene rings is 2. The highest BCUT2D eigenvalue weighted by Gasteiger charge is 2.28. The first-order chi connectivity index (χ1) is 19.6. The van der Waals surface area contributed by atoms with Gasteiger partial charge in [0.1, 0.15) is 29.3 Å². The minimum atomic E-state index is 0.145. The van der Waals surface area contributed by atoms with Crippen LogP contribution in [0.15, 0.2) is 67.1 Å². The molecule has 5 aromatic rings. The lowest BCUT2D eigenvalue weighted by Gasteiger charge is -2.24. The first-order valence-corrected chi connectivity index (χ1v) is 14.3. The zero-order valence-corrected chi connectivity index (χ0v) is 23.5. The number of aromatic nitrogens is 3. The van der Waals surface area contributed by atoms with E-state index in [1.165, 1.54) is 0 Å². The molecule has 0 saturated carbocycles. The second-order valence-corrected chi connectivity index (χ2v) is 11.2. The molecule has 0 radical (unpaired) electrons. The van der Waals surface area contributed by atoms with Crippen molar-refractivity contribution in [3.63, 3.8) is 0 Å². The van der Waals surface area contributed by atoms with Gasteiger partial charge in [0, 0.05) is 35.6 Å². The Bertz CT molecular complexity index is 1660. The molecule has 1 amide bonds. The number of fused-ring (bicyclic) bond motifs is 3. The van der Waals surface area contributed by atoms with Crippen LogP contribution in [0.25, 0.3) is 20.3 Å². The first kappa shape index (κ1) is 26.4. The highest BCUT2D eigenvalue weighted by Crippen LogP contribution is 2.38. The Balaban J connectivity index is 1.20. The molecule has 1 saturated heterocycles. The molecule has 1 N–H and O–H groups in total. The number of halogens is 1. The maximum Gasteiger partial charge on any atom is 0.227 e. The second-order valence-electron chi connectivity index (χ2n) is 9.73. The largest absolute Gasteiger partial charge is 0.486 e. The Morgan fingerprint density at radius 3 is 2.90 bits per heavy atom. The molecule has 2 aromatic carbocycles. The number of nitrogens with one attached hydrogen (secondary N) is 1. The lowest BCUT2D eigenvalue weighted by atomic mass is 10.1. The topological polar surface area (TPSA) is 89.5 Å². The van der Waals surface area contributed by atoms with Crippen molar-refractivity contribution in [1.29, 1.82) is 0 Å². The molecule has 40 heavy (non-hydrogen) atoms. The summed E-state index contributed by atoms with van der Waals surface area (Å²) < 4.78 is 12.2. The number of ether oxygens (including phenoxy) is 2. The molecule has 3 aromatic heterocycles. The molecular formula is C30H28ClN5O3S. The molecule has 1 unspecified atom stereocenters. The summed E-state index contributed by atoms with van der Waals surface area (Å²) in [6.07, 6.45) is 5.68. The van der Waals surface area contributed by atoms with Gasteiger partial charge < -0.3 is 19.7 Å². The molecule has 0 aliphatic carbocycles. The van der Waals surface area contributed by atoms with Crippen molar-refractivity contribution in [2.45, 2.75) is 31.9 Å². The Labute approximate surface area is 240 Å². The van der Waals surface area contributed by atoms with E-state index in [1.807, 2.05) is 47.4 Å². The summed E-state index contributed by atoms with van der Waals surface area (Å²) in [6.45, 7) is 1.71. The van der Waals surface area contributed by atoms with Crippen molar-refractivity contribution in [2.75, 3.05) is 25.6 Å². The molecule has 0 spiro atoms. The highest BCUT2D eigenvalue weighted by atomic mass is 35.5. The zero-order chi connectivity index (χ0) is 27.5. The van der Waals surface area contributed by atoms with E-state index >= 15 is 0 Å². The van der Waals surface area contributed by atoms with Crippen molar-refractivity contribution >= 4 is 60.7 Å². The van der Waals surface area contributed by atoms with Crippen LogP contribution in [0.4, 0.5) is 11.5 Å². The molecule has 1 atom stereocenters. The minimum absolute atomic E-state index is 0.145. The molecule has 8 nitrogen and oxygen atoms in total. The van der Waals surface area contributed by atoms with Gasteiger partial charge in [-0.2, -0.15) is 0 Å². The highest BCUT2D eigenvalue weighted by molar-refractivity contribution is 7.25. The molecule has 6 rings (SSSR count). The van der Waals surface area contributed by atoms with Crippen molar-refractivity contribution < 1.29 is 14.3 Å². The number of likely N-dealkylation sites (tertiary alicyclic amines) is 1. The number of hydrogen-bond acceptors (Lipinski definition) is 8. The van der Waals surface area contributed by atoms with E-state index < -0.39 is 0 Å². The average molecular weight is 574 g/mol. The number of nitrogens with zero attached hydrogens (tertiary/aromatic N) is 4. The maximum absolute atomic E-state index is 13.0. The van der Waals surface area contributed by atoms with E-state index in [-0.39, 0.29) is 11.9 Å². The van der Waals surface area contributed by atoms with Crippen molar-refractivity contribution in [3.05, 3.63) is 83.4 Å². The van der Waals surface area contributed by atoms with Gasteiger partial charge in [0.05, 0.1) is 35.2 Å². The van der Waals surface area contributed by atoms with Gasteiger partial charge in [0.2, 0.25) is 5.91 Å². The summed E-state index contributed by atoms with van der Waals surface area (Å²) in [5, 5.41) is 5.86. The summed E-state index contributed by atoms with van der Waals surface area (Å²) in [4.78, 5) is 29.2. The van der Waals surface area contributed by atoms with Gasteiger partial charge in [0.25, 0.3) is 0 Å². The van der Waals surface area contributed by atoms with Gasteiger partial charge in [0.15, 0.2) is 0 Å². The molecule has 204 valence electrons. The predicted molar refractivity (Wildman–Crippen MR) is 159 cm³/mol. The summed E-state index contributed by atoms with van der Waals surface area (Å²) in [5.41, 5.74) is 2.60. The number of pyridine rings is 1. The third-order valence-electron chi connectivity index (χ3n) is 7.04. The van der Waals surface area contributed by atoms with Gasteiger partial charge in [-0.1, -0.05) is 29.8 Å². The standard InChI is InChI=1S/C30H28ClN5O3S/c1-38-17-22-6-4-12-36(22)27(37)14-19-7-9-23-26(13-19)40-30-28(23)29(33-18-34-30)35-20-8-10-25(24(31)15-20)39-16-21-5-2-3-11-32-21/h2-3,5,7-11,13,15,18,22H,4,6,12,14,16-17H2,1H3,(H,33,34,35). The molecule has 1 fully saturated rings. The maximum atomic E-state index is 13.0. The van der Waals surface area contributed by atoms with Crippen LogP contribution in [0.3, 0.4) is 0 Å². The van der Waals surface area contributed by atoms with Gasteiger partial charge in [-0.15, -0.1) is 11.3 Å². The normalized spacial score (nSPS) is 15.2. The number of thiophene rings is 1. The van der Waals surface area contributed by atoms with Crippen LogP contribution in [0.5, 0.6) is 5.75 Å². The van der Waals surface area contributed by atoms with Crippen LogP contribution in [-0.4, -0.2) is 52.1 Å². The van der Waals surface area contributed by atoms with Crippen LogP contribution in [0.1, 0.15) is 24.1 Å². The SMILES string of the molecule is COCC1CCCN1C(=O)Cc1ccc2c(c1)sc1ncnc(Nc3ccc(OCc4ccccn4)c(Cl)c3)c12. The van der Waals surface area contributed by atoms with Crippen LogP contribution in [0.2, 0.25) is 5.02 Å². The molecule has 10 heteroatoms.